The first-order chi connectivity index (χ1) is 6.85. The second-order valence-corrected chi connectivity index (χ2v) is 3.26. The van der Waals surface area contributed by atoms with Crippen LogP contribution in [0.25, 0.3) is 10.8 Å². The highest BCUT2D eigenvalue weighted by Crippen LogP contribution is 2.23. The van der Waals surface area contributed by atoms with Gasteiger partial charge in [0, 0.05) is 18.3 Å². The van der Waals surface area contributed by atoms with Crippen molar-refractivity contribution in [2.45, 2.75) is 6.61 Å². The maximum Gasteiger partial charge on any atom is 0.0702 e. The van der Waals surface area contributed by atoms with Gasteiger partial charge in [0.2, 0.25) is 0 Å². The molecule has 2 nitrogen and oxygen atoms in total. The SMILES string of the molecule is CNc1cc2ccccc2cc1CO. The average Bonchev–Trinajstić information content (AvgIpc) is 2.27. The van der Waals surface area contributed by atoms with E-state index in [9.17, 15) is 0 Å². The Morgan fingerprint density at radius 1 is 1.14 bits per heavy atom. The second-order valence-electron chi connectivity index (χ2n) is 3.26. The highest BCUT2D eigenvalue weighted by Gasteiger charge is 2.01. The van der Waals surface area contributed by atoms with Gasteiger partial charge in [0.25, 0.3) is 0 Å². The zero-order valence-corrected chi connectivity index (χ0v) is 8.12. The Hall–Kier alpha value is -1.54. The van der Waals surface area contributed by atoms with Crippen LogP contribution in [0.2, 0.25) is 0 Å². The molecule has 2 aromatic carbocycles. The lowest BCUT2D eigenvalue weighted by Crippen LogP contribution is -1.95. The fourth-order valence-corrected chi connectivity index (χ4v) is 1.65. The monoisotopic (exact) mass is 187 g/mol. The minimum atomic E-state index is 0.0704. The molecule has 2 aromatic rings. The molecule has 0 aliphatic carbocycles. The fraction of sp³-hybridized carbons (Fsp3) is 0.167. The smallest absolute Gasteiger partial charge is 0.0702 e. The molecule has 72 valence electrons. The van der Waals surface area contributed by atoms with Gasteiger partial charge in [-0.1, -0.05) is 24.3 Å². The van der Waals surface area contributed by atoms with Crippen molar-refractivity contribution in [1.82, 2.24) is 0 Å². The Labute approximate surface area is 83.2 Å². The summed E-state index contributed by atoms with van der Waals surface area (Å²) in [5.74, 6) is 0. The van der Waals surface area contributed by atoms with Gasteiger partial charge in [-0.2, -0.15) is 0 Å². The van der Waals surface area contributed by atoms with E-state index in [-0.39, 0.29) is 6.61 Å². The van der Waals surface area contributed by atoms with Gasteiger partial charge in [0.05, 0.1) is 6.61 Å². The normalized spacial score (nSPS) is 10.4. The van der Waals surface area contributed by atoms with Crippen LogP contribution in [-0.4, -0.2) is 12.2 Å². The standard InChI is InChI=1S/C12H13NO/c1-13-12-7-10-5-3-2-4-9(10)6-11(12)8-14/h2-7,13-14H,8H2,1H3. The van der Waals surface area contributed by atoms with Crippen LogP contribution < -0.4 is 5.32 Å². The molecule has 0 aliphatic rings. The van der Waals surface area contributed by atoms with Crippen LogP contribution in [0.4, 0.5) is 5.69 Å². The first-order valence-corrected chi connectivity index (χ1v) is 4.65. The zero-order valence-electron chi connectivity index (χ0n) is 8.12. The van der Waals surface area contributed by atoms with E-state index in [0.29, 0.717) is 0 Å². The van der Waals surface area contributed by atoms with E-state index in [0.717, 1.165) is 16.6 Å². The first kappa shape index (κ1) is 9.03. The average molecular weight is 187 g/mol. The lowest BCUT2D eigenvalue weighted by atomic mass is 10.1. The van der Waals surface area contributed by atoms with Gasteiger partial charge in [0.15, 0.2) is 0 Å². The van der Waals surface area contributed by atoms with E-state index in [1.54, 1.807) is 0 Å². The summed E-state index contributed by atoms with van der Waals surface area (Å²) in [5, 5.41) is 14.6. The maximum absolute atomic E-state index is 9.17. The van der Waals surface area contributed by atoms with Crippen molar-refractivity contribution in [2.75, 3.05) is 12.4 Å². The molecule has 0 saturated carbocycles. The van der Waals surface area contributed by atoms with E-state index in [1.165, 1.54) is 5.39 Å². The number of fused-ring (bicyclic) bond motifs is 1. The first-order valence-electron chi connectivity index (χ1n) is 4.65. The fourth-order valence-electron chi connectivity index (χ4n) is 1.65. The van der Waals surface area contributed by atoms with Gasteiger partial charge in [-0.25, -0.2) is 0 Å². The third-order valence-corrected chi connectivity index (χ3v) is 2.41. The summed E-state index contributed by atoms with van der Waals surface area (Å²) in [6.07, 6.45) is 0. The molecule has 2 N–H and O–H groups in total. The summed E-state index contributed by atoms with van der Waals surface area (Å²) in [5.41, 5.74) is 1.93. The van der Waals surface area contributed by atoms with Gasteiger partial charge in [-0.05, 0) is 22.9 Å². The van der Waals surface area contributed by atoms with Gasteiger partial charge in [0.1, 0.15) is 0 Å². The van der Waals surface area contributed by atoms with E-state index >= 15 is 0 Å². The van der Waals surface area contributed by atoms with E-state index < -0.39 is 0 Å². The molecule has 0 aromatic heterocycles. The van der Waals surface area contributed by atoms with E-state index in [2.05, 4.69) is 17.4 Å². The van der Waals surface area contributed by atoms with Crippen LogP contribution in [0.1, 0.15) is 5.56 Å². The van der Waals surface area contributed by atoms with Crippen molar-refractivity contribution in [3.8, 4) is 0 Å². The summed E-state index contributed by atoms with van der Waals surface area (Å²) in [6.45, 7) is 0.0704. The van der Waals surface area contributed by atoms with E-state index in [1.807, 2.05) is 31.3 Å². The molecule has 0 aliphatic heterocycles. The van der Waals surface area contributed by atoms with Crippen LogP contribution >= 0.6 is 0 Å². The topological polar surface area (TPSA) is 32.3 Å². The Bertz CT molecular complexity index is 409. The third kappa shape index (κ3) is 1.44. The molecular weight excluding hydrogens is 174 g/mol. The van der Waals surface area contributed by atoms with Crippen molar-refractivity contribution >= 4 is 16.5 Å². The van der Waals surface area contributed by atoms with Gasteiger partial charge in [-0.15, -0.1) is 0 Å². The lowest BCUT2D eigenvalue weighted by molar-refractivity contribution is 0.282. The Morgan fingerprint density at radius 2 is 1.79 bits per heavy atom. The number of aliphatic hydroxyl groups excluding tert-OH is 1. The molecule has 0 amide bonds. The Morgan fingerprint density at radius 3 is 2.36 bits per heavy atom. The number of hydrogen-bond donors (Lipinski definition) is 2. The molecule has 14 heavy (non-hydrogen) atoms. The van der Waals surface area contributed by atoms with Crippen LogP contribution in [0, 0.1) is 0 Å². The Balaban J connectivity index is 2.69. The minimum absolute atomic E-state index is 0.0704. The highest BCUT2D eigenvalue weighted by molar-refractivity contribution is 5.87. The van der Waals surface area contributed by atoms with Crippen molar-refractivity contribution in [1.29, 1.82) is 0 Å². The predicted octanol–water partition coefficient (Wildman–Crippen LogP) is 2.37. The number of hydrogen-bond acceptors (Lipinski definition) is 2. The summed E-state index contributed by atoms with van der Waals surface area (Å²) in [7, 11) is 1.86. The van der Waals surface area contributed by atoms with Gasteiger partial charge >= 0.3 is 0 Å². The third-order valence-electron chi connectivity index (χ3n) is 2.41. The molecule has 0 saturated heterocycles. The number of aliphatic hydroxyl groups is 1. The highest BCUT2D eigenvalue weighted by atomic mass is 16.3. The van der Waals surface area contributed by atoms with Crippen LogP contribution in [0.3, 0.4) is 0 Å². The molecule has 0 radical (unpaired) electrons. The molecule has 0 bridgehead atoms. The van der Waals surface area contributed by atoms with E-state index in [4.69, 9.17) is 5.11 Å². The zero-order chi connectivity index (χ0) is 9.97. The molecule has 2 rings (SSSR count). The molecule has 0 atom stereocenters. The number of nitrogens with one attached hydrogen (secondary N) is 1. The summed E-state index contributed by atoms with van der Waals surface area (Å²) >= 11 is 0. The minimum Gasteiger partial charge on any atom is -0.392 e. The quantitative estimate of drug-likeness (QED) is 0.756. The molecule has 0 heterocycles. The molecule has 0 unspecified atom stereocenters. The predicted molar refractivity (Wildman–Crippen MR) is 59.4 cm³/mol. The molecule has 2 heteroatoms. The van der Waals surface area contributed by atoms with Crippen molar-refractivity contribution < 1.29 is 5.11 Å². The Kier molecular flexibility index (Phi) is 2.37. The van der Waals surface area contributed by atoms with Crippen molar-refractivity contribution in [3.63, 3.8) is 0 Å². The van der Waals surface area contributed by atoms with Gasteiger partial charge < -0.3 is 10.4 Å². The number of anilines is 1. The van der Waals surface area contributed by atoms with Gasteiger partial charge in [-0.3, -0.25) is 0 Å². The summed E-state index contributed by atoms with van der Waals surface area (Å²) in [6, 6.07) is 12.2. The lowest BCUT2D eigenvalue weighted by Gasteiger charge is -2.08. The molecule has 0 spiro atoms. The van der Waals surface area contributed by atoms with Crippen LogP contribution in [-0.2, 0) is 6.61 Å². The van der Waals surface area contributed by atoms with Crippen molar-refractivity contribution in [2.24, 2.45) is 0 Å². The van der Waals surface area contributed by atoms with Crippen molar-refractivity contribution in [3.05, 3.63) is 42.0 Å². The second kappa shape index (κ2) is 3.68. The maximum atomic E-state index is 9.17. The number of benzene rings is 2. The summed E-state index contributed by atoms with van der Waals surface area (Å²) in [4.78, 5) is 0. The molecule has 0 fully saturated rings. The number of rotatable bonds is 2. The molecular formula is C12H13NO. The largest absolute Gasteiger partial charge is 0.392 e. The van der Waals surface area contributed by atoms with Crippen LogP contribution in [0.5, 0.6) is 0 Å². The summed E-state index contributed by atoms with van der Waals surface area (Å²) < 4.78 is 0. The van der Waals surface area contributed by atoms with Crippen LogP contribution in [0.15, 0.2) is 36.4 Å².